The van der Waals surface area contributed by atoms with E-state index in [2.05, 4.69) is 15.0 Å². The van der Waals surface area contributed by atoms with Crippen molar-refractivity contribution in [3.63, 3.8) is 0 Å². The summed E-state index contributed by atoms with van der Waals surface area (Å²) < 4.78 is 13.8. The summed E-state index contributed by atoms with van der Waals surface area (Å²) in [6.07, 6.45) is 6.56. The molecule has 0 aromatic carbocycles. The summed E-state index contributed by atoms with van der Waals surface area (Å²) in [4.78, 5) is 28.0. The molecule has 2 aromatic rings. The van der Waals surface area contributed by atoms with Crippen LogP contribution in [0.1, 0.15) is 22.3 Å². The number of halogens is 1. The summed E-state index contributed by atoms with van der Waals surface area (Å²) in [5.41, 5.74) is 1.54. The first-order valence-electron chi connectivity index (χ1n) is 7.56. The molecule has 3 heterocycles. The lowest BCUT2D eigenvalue weighted by atomic mass is 10.2. The number of carbonyl (C=O) groups is 1. The Morgan fingerprint density at radius 1 is 1.13 bits per heavy atom. The Kier molecular flexibility index (Phi) is 4.45. The second-order valence-electron chi connectivity index (χ2n) is 5.58. The van der Waals surface area contributed by atoms with Gasteiger partial charge in [0, 0.05) is 38.6 Å². The van der Waals surface area contributed by atoms with Crippen molar-refractivity contribution in [3.05, 3.63) is 47.9 Å². The first kappa shape index (κ1) is 15.3. The number of hydrogen-bond acceptors (Lipinski definition) is 5. The minimum Gasteiger partial charge on any atom is -0.352 e. The predicted molar refractivity (Wildman–Crippen MR) is 83.7 cm³/mol. The molecule has 23 heavy (non-hydrogen) atoms. The van der Waals surface area contributed by atoms with E-state index in [1.165, 1.54) is 6.33 Å². The van der Waals surface area contributed by atoms with Gasteiger partial charge < -0.3 is 9.80 Å². The van der Waals surface area contributed by atoms with Crippen LogP contribution in [-0.4, -0.2) is 51.9 Å². The lowest BCUT2D eigenvalue weighted by Gasteiger charge is -2.23. The van der Waals surface area contributed by atoms with E-state index >= 15 is 0 Å². The number of anilines is 1. The fraction of sp³-hybridized carbons (Fsp3) is 0.375. The van der Waals surface area contributed by atoms with Crippen molar-refractivity contribution < 1.29 is 9.18 Å². The van der Waals surface area contributed by atoms with E-state index in [1.54, 1.807) is 17.3 Å². The average Bonchev–Trinajstić information content (AvgIpc) is 2.80. The molecule has 0 aliphatic carbocycles. The van der Waals surface area contributed by atoms with Crippen molar-refractivity contribution in [2.24, 2.45) is 0 Å². The molecule has 3 rings (SSSR count). The largest absolute Gasteiger partial charge is 0.352 e. The van der Waals surface area contributed by atoms with Gasteiger partial charge in [-0.25, -0.2) is 14.4 Å². The second kappa shape index (κ2) is 6.68. The molecular weight excluding hydrogens is 297 g/mol. The maximum absolute atomic E-state index is 13.8. The number of aromatic nitrogens is 3. The van der Waals surface area contributed by atoms with E-state index in [1.807, 2.05) is 17.9 Å². The summed E-state index contributed by atoms with van der Waals surface area (Å²) in [5.74, 6) is -0.173. The molecule has 6 nitrogen and oxygen atoms in total. The Labute approximate surface area is 134 Å². The highest BCUT2D eigenvalue weighted by atomic mass is 19.1. The normalized spacial score (nSPS) is 15.4. The van der Waals surface area contributed by atoms with Crippen molar-refractivity contribution >= 4 is 11.7 Å². The molecule has 0 spiro atoms. The van der Waals surface area contributed by atoms with Crippen LogP contribution < -0.4 is 4.90 Å². The van der Waals surface area contributed by atoms with Crippen LogP contribution >= 0.6 is 0 Å². The summed E-state index contributed by atoms with van der Waals surface area (Å²) in [6, 6.07) is 1.84. The van der Waals surface area contributed by atoms with E-state index in [4.69, 9.17) is 0 Å². The molecule has 0 radical (unpaired) electrons. The molecule has 1 aliphatic heterocycles. The topological polar surface area (TPSA) is 62.2 Å². The first-order valence-corrected chi connectivity index (χ1v) is 7.56. The minimum absolute atomic E-state index is 0.0359. The maximum Gasteiger partial charge on any atom is 0.255 e. The highest BCUT2D eigenvalue weighted by Crippen LogP contribution is 2.17. The number of hydrogen-bond donors (Lipinski definition) is 0. The van der Waals surface area contributed by atoms with E-state index in [9.17, 15) is 9.18 Å². The van der Waals surface area contributed by atoms with Crippen LogP contribution in [0.2, 0.25) is 0 Å². The Hall–Kier alpha value is -2.57. The number of rotatable bonds is 2. The molecule has 0 bridgehead atoms. The number of carbonyl (C=O) groups excluding carboxylic acids is 1. The molecule has 1 saturated heterocycles. The fourth-order valence-electron chi connectivity index (χ4n) is 2.73. The molecule has 2 aromatic heterocycles. The quantitative estimate of drug-likeness (QED) is 0.843. The number of pyridine rings is 1. The highest BCUT2D eigenvalue weighted by molar-refractivity contribution is 5.94. The molecule has 1 fully saturated rings. The van der Waals surface area contributed by atoms with E-state index < -0.39 is 5.82 Å². The Balaban J connectivity index is 1.71. The predicted octanol–water partition coefficient (Wildman–Crippen LogP) is 1.67. The summed E-state index contributed by atoms with van der Waals surface area (Å²) in [6.45, 7) is 4.26. The Morgan fingerprint density at radius 2 is 2.00 bits per heavy atom. The number of amides is 1. The van der Waals surface area contributed by atoms with Gasteiger partial charge in [0.25, 0.3) is 5.91 Å². The van der Waals surface area contributed by atoms with E-state index in [0.717, 1.165) is 18.2 Å². The molecule has 0 N–H and O–H groups in total. The van der Waals surface area contributed by atoms with E-state index in [0.29, 0.717) is 37.6 Å². The van der Waals surface area contributed by atoms with Crippen molar-refractivity contribution in [3.8, 4) is 0 Å². The van der Waals surface area contributed by atoms with Gasteiger partial charge in [0.2, 0.25) is 0 Å². The SMILES string of the molecule is Cc1cncc(C(=O)N2CCCN(c3ncncc3F)CC2)c1. The highest BCUT2D eigenvalue weighted by Gasteiger charge is 2.22. The van der Waals surface area contributed by atoms with Crippen molar-refractivity contribution in [2.75, 3.05) is 31.1 Å². The lowest BCUT2D eigenvalue weighted by molar-refractivity contribution is 0.0766. The van der Waals surface area contributed by atoms with Gasteiger partial charge in [-0.15, -0.1) is 0 Å². The van der Waals surface area contributed by atoms with Crippen molar-refractivity contribution in [1.29, 1.82) is 0 Å². The van der Waals surface area contributed by atoms with Gasteiger partial charge >= 0.3 is 0 Å². The van der Waals surface area contributed by atoms with Gasteiger partial charge in [0.15, 0.2) is 11.6 Å². The minimum atomic E-state index is -0.435. The molecule has 7 heteroatoms. The zero-order chi connectivity index (χ0) is 16.2. The molecule has 0 unspecified atom stereocenters. The van der Waals surface area contributed by atoms with Crippen LogP contribution in [0.5, 0.6) is 0 Å². The van der Waals surface area contributed by atoms with Gasteiger partial charge in [0.05, 0.1) is 11.8 Å². The first-order chi connectivity index (χ1) is 11.1. The van der Waals surface area contributed by atoms with Crippen LogP contribution in [0.25, 0.3) is 0 Å². The van der Waals surface area contributed by atoms with Gasteiger partial charge in [-0.2, -0.15) is 0 Å². The number of nitrogens with zero attached hydrogens (tertiary/aromatic N) is 5. The zero-order valence-electron chi connectivity index (χ0n) is 12.9. The van der Waals surface area contributed by atoms with Crippen LogP contribution in [0.3, 0.4) is 0 Å². The molecule has 1 amide bonds. The third-order valence-electron chi connectivity index (χ3n) is 3.85. The van der Waals surface area contributed by atoms with Crippen LogP contribution in [-0.2, 0) is 0 Å². The van der Waals surface area contributed by atoms with Crippen LogP contribution in [0, 0.1) is 12.7 Å². The van der Waals surface area contributed by atoms with Crippen molar-refractivity contribution in [2.45, 2.75) is 13.3 Å². The Bertz CT molecular complexity index is 708. The number of aryl methyl sites for hydroxylation is 1. The van der Waals surface area contributed by atoms with Gasteiger partial charge in [-0.3, -0.25) is 9.78 Å². The standard InChI is InChI=1S/C16H18FN5O/c1-12-7-13(9-18-8-12)16(23)22-4-2-3-21(5-6-22)15-14(17)10-19-11-20-15/h7-11H,2-6H2,1H3. The second-order valence-corrected chi connectivity index (χ2v) is 5.58. The summed E-state index contributed by atoms with van der Waals surface area (Å²) in [7, 11) is 0. The van der Waals surface area contributed by atoms with Gasteiger partial charge in [0.1, 0.15) is 6.33 Å². The smallest absolute Gasteiger partial charge is 0.255 e. The van der Waals surface area contributed by atoms with Gasteiger partial charge in [-0.05, 0) is 25.0 Å². The van der Waals surface area contributed by atoms with E-state index in [-0.39, 0.29) is 5.91 Å². The third kappa shape index (κ3) is 3.44. The zero-order valence-corrected chi connectivity index (χ0v) is 12.9. The summed E-state index contributed by atoms with van der Waals surface area (Å²) in [5, 5.41) is 0. The van der Waals surface area contributed by atoms with Gasteiger partial charge in [-0.1, -0.05) is 0 Å². The molecule has 1 aliphatic rings. The molecular formula is C16H18FN5O. The lowest BCUT2D eigenvalue weighted by Crippen LogP contribution is -2.35. The fourth-order valence-corrected chi connectivity index (χ4v) is 2.73. The molecule has 0 saturated carbocycles. The maximum atomic E-state index is 13.8. The average molecular weight is 315 g/mol. The van der Waals surface area contributed by atoms with Crippen molar-refractivity contribution in [1.82, 2.24) is 19.9 Å². The molecule has 0 atom stereocenters. The molecule has 120 valence electrons. The monoisotopic (exact) mass is 315 g/mol. The summed E-state index contributed by atoms with van der Waals surface area (Å²) >= 11 is 0. The third-order valence-corrected chi connectivity index (χ3v) is 3.85. The van der Waals surface area contributed by atoms with Crippen LogP contribution in [0.15, 0.2) is 31.0 Å². The Morgan fingerprint density at radius 3 is 2.78 bits per heavy atom. The van der Waals surface area contributed by atoms with Crippen LogP contribution in [0.4, 0.5) is 10.2 Å².